The van der Waals surface area contributed by atoms with Crippen molar-refractivity contribution in [2.45, 2.75) is 26.3 Å². The van der Waals surface area contributed by atoms with E-state index in [-0.39, 0.29) is 16.9 Å². The number of hydrogen-bond donors (Lipinski definition) is 1. The van der Waals surface area contributed by atoms with Crippen LogP contribution in [-0.4, -0.2) is 27.4 Å². The Bertz CT molecular complexity index is 1430. The Labute approximate surface area is 190 Å². The zero-order chi connectivity index (χ0) is 23.5. The van der Waals surface area contributed by atoms with Gasteiger partial charge in [0.25, 0.3) is 5.56 Å². The standard InChI is InChI=1S/C25H23N5O3/c1-4-20(29-22(31)13-16(2)19-11-8-12-21(33-3)23(19)29)25(32)28-24-17(14-26)15-27-30(24)18-9-6-5-7-10-18/h5-13,15,20H,4H2,1-3H3,(H,28,32). The Balaban J connectivity index is 1.83. The number of anilines is 1. The van der Waals surface area contributed by atoms with Crippen molar-refractivity contribution in [3.05, 3.63) is 82.3 Å². The summed E-state index contributed by atoms with van der Waals surface area (Å²) in [6.45, 7) is 3.68. The first-order valence-electron chi connectivity index (χ1n) is 10.5. The van der Waals surface area contributed by atoms with Crippen molar-refractivity contribution in [2.75, 3.05) is 12.4 Å². The molecular formula is C25H23N5O3. The highest BCUT2D eigenvalue weighted by atomic mass is 16.5. The monoisotopic (exact) mass is 441 g/mol. The number of carbonyl (C=O) groups is 1. The van der Waals surface area contributed by atoms with E-state index in [2.05, 4.69) is 16.5 Å². The molecule has 4 aromatic rings. The van der Waals surface area contributed by atoms with Crippen molar-refractivity contribution >= 4 is 22.6 Å². The van der Waals surface area contributed by atoms with Gasteiger partial charge in [-0.2, -0.15) is 10.4 Å². The molecule has 0 aliphatic rings. The minimum absolute atomic E-state index is 0.223. The van der Waals surface area contributed by atoms with Crippen LogP contribution >= 0.6 is 0 Å². The molecule has 0 aliphatic carbocycles. The number of aromatic nitrogens is 3. The number of nitriles is 1. The van der Waals surface area contributed by atoms with E-state index in [0.717, 1.165) is 10.9 Å². The summed E-state index contributed by atoms with van der Waals surface area (Å²) in [4.78, 5) is 26.6. The van der Waals surface area contributed by atoms with Crippen LogP contribution in [0.15, 0.2) is 65.6 Å². The molecule has 2 aromatic heterocycles. The van der Waals surface area contributed by atoms with E-state index >= 15 is 0 Å². The molecule has 166 valence electrons. The highest BCUT2D eigenvalue weighted by Gasteiger charge is 2.26. The van der Waals surface area contributed by atoms with Crippen molar-refractivity contribution < 1.29 is 9.53 Å². The number of amides is 1. The van der Waals surface area contributed by atoms with E-state index in [1.807, 2.05) is 56.3 Å². The van der Waals surface area contributed by atoms with Gasteiger partial charge in [0.1, 0.15) is 23.4 Å². The van der Waals surface area contributed by atoms with Crippen LogP contribution in [0.4, 0.5) is 5.82 Å². The van der Waals surface area contributed by atoms with Gasteiger partial charge in [-0.05, 0) is 37.1 Å². The molecule has 0 spiro atoms. The van der Waals surface area contributed by atoms with E-state index in [1.165, 1.54) is 28.6 Å². The largest absolute Gasteiger partial charge is 0.495 e. The van der Waals surface area contributed by atoms with Crippen LogP contribution in [0.5, 0.6) is 5.75 Å². The van der Waals surface area contributed by atoms with Gasteiger partial charge in [-0.25, -0.2) is 4.68 Å². The predicted octanol–water partition coefficient (Wildman–Crippen LogP) is 3.97. The number of nitrogens with zero attached hydrogens (tertiary/aromatic N) is 4. The van der Waals surface area contributed by atoms with Gasteiger partial charge in [-0.1, -0.05) is 37.3 Å². The first-order valence-corrected chi connectivity index (χ1v) is 10.5. The summed E-state index contributed by atoms with van der Waals surface area (Å²) < 4.78 is 8.49. The lowest BCUT2D eigenvalue weighted by Gasteiger charge is -2.22. The summed E-state index contributed by atoms with van der Waals surface area (Å²) in [5, 5.41) is 17.5. The summed E-state index contributed by atoms with van der Waals surface area (Å²) in [5.74, 6) is 0.333. The van der Waals surface area contributed by atoms with E-state index in [1.54, 1.807) is 6.07 Å². The van der Waals surface area contributed by atoms with Gasteiger partial charge in [-0.15, -0.1) is 0 Å². The highest BCUT2D eigenvalue weighted by Crippen LogP contribution is 2.30. The number of hydrogen-bond acceptors (Lipinski definition) is 5. The first kappa shape index (κ1) is 21.8. The summed E-state index contributed by atoms with van der Waals surface area (Å²) in [6.07, 6.45) is 1.75. The maximum absolute atomic E-state index is 13.5. The Morgan fingerprint density at radius 2 is 1.97 bits per heavy atom. The first-order chi connectivity index (χ1) is 16.0. The molecule has 1 amide bonds. The molecule has 8 heteroatoms. The second-order valence-electron chi connectivity index (χ2n) is 7.57. The molecule has 0 bridgehead atoms. The van der Waals surface area contributed by atoms with Crippen molar-refractivity contribution in [1.29, 1.82) is 5.26 Å². The van der Waals surface area contributed by atoms with Crippen LogP contribution < -0.4 is 15.6 Å². The van der Waals surface area contributed by atoms with Gasteiger partial charge >= 0.3 is 0 Å². The minimum atomic E-state index is -0.831. The van der Waals surface area contributed by atoms with Crippen LogP contribution in [0.25, 0.3) is 16.6 Å². The second kappa shape index (κ2) is 9.01. The molecular weight excluding hydrogens is 418 g/mol. The molecule has 33 heavy (non-hydrogen) atoms. The number of fused-ring (bicyclic) bond motifs is 1. The molecule has 4 rings (SSSR count). The number of nitrogens with one attached hydrogen (secondary N) is 1. The molecule has 8 nitrogen and oxygen atoms in total. The van der Waals surface area contributed by atoms with Gasteiger partial charge in [0.15, 0.2) is 5.82 Å². The molecule has 1 N–H and O–H groups in total. The maximum Gasteiger partial charge on any atom is 0.252 e. The fourth-order valence-corrected chi connectivity index (χ4v) is 4.01. The fourth-order valence-electron chi connectivity index (χ4n) is 4.01. The quantitative estimate of drug-likeness (QED) is 0.488. The number of rotatable bonds is 6. The number of aryl methyl sites for hydroxylation is 1. The van der Waals surface area contributed by atoms with Gasteiger partial charge in [0, 0.05) is 11.5 Å². The Kier molecular flexibility index (Phi) is 5.96. The lowest BCUT2D eigenvalue weighted by atomic mass is 10.1. The zero-order valence-corrected chi connectivity index (χ0v) is 18.6. The third-order valence-electron chi connectivity index (χ3n) is 5.60. The van der Waals surface area contributed by atoms with Gasteiger partial charge in [0.2, 0.25) is 5.91 Å². The van der Waals surface area contributed by atoms with Crippen LogP contribution in [0.3, 0.4) is 0 Å². The zero-order valence-electron chi connectivity index (χ0n) is 18.6. The molecule has 1 unspecified atom stereocenters. The Hall–Kier alpha value is -4.38. The lowest BCUT2D eigenvalue weighted by molar-refractivity contribution is -0.119. The number of para-hydroxylation sites is 2. The molecule has 1 atom stereocenters. The molecule has 0 saturated heterocycles. The molecule has 2 heterocycles. The third kappa shape index (κ3) is 3.85. The van der Waals surface area contributed by atoms with E-state index in [4.69, 9.17) is 4.74 Å². The van der Waals surface area contributed by atoms with Crippen LogP contribution in [0.2, 0.25) is 0 Å². The molecule has 0 saturated carbocycles. The van der Waals surface area contributed by atoms with E-state index in [0.29, 0.717) is 23.4 Å². The topological polar surface area (TPSA) is 102 Å². The van der Waals surface area contributed by atoms with Gasteiger partial charge < -0.3 is 10.1 Å². The number of pyridine rings is 1. The van der Waals surface area contributed by atoms with E-state index in [9.17, 15) is 14.9 Å². The SMILES string of the molecule is CCC(C(=O)Nc1c(C#N)cnn1-c1ccccc1)n1c(=O)cc(C)c2cccc(OC)c21. The summed E-state index contributed by atoms with van der Waals surface area (Å²) in [5.41, 5.74) is 1.98. The van der Waals surface area contributed by atoms with Crippen LogP contribution in [-0.2, 0) is 4.79 Å². The van der Waals surface area contributed by atoms with Crippen LogP contribution in [0, 0.1) is 18.3 Å². The Morgan fingerprint density at radius 1 is 1.21 bits per heavy atom. The van der Waals surface area contributed by atoms with Gasteiger partial charge in [0.05, 0.1) is 24.5 Å². The molecule has 2 aromatic carbocycles. The van der Waals surface area contributed by atoms with Crippen LogP contribution in [0.1, 0.15) is 30.5 Å². The van der Waals surface area contributed by atoms with Gasteiger partial charge in [-0.3, -0.25) is 14.2 Å². The average molecular weight is 441 g/mol. The van der Waals surface area contributed by atoms with Crippen molar-refractivity contribution in [2.24, 2.45) is 0 Å². The van der Waals surface area contributed by atoms with Crippen molar-refractivity contribution in [1.82, 2.24) is 14.3 Å². The third-order valence-corrected chi connectivity index (χ3v) is 5.60. The molecule has 0 fully saturated rings. The second-order valence-corrected chi connectivity index (χ2v) is 7.57. The normalized spacial score (nSPS) is 11.7. The number of carbonyl (C=O) groups excluding carboxylic acids is 1. The predicted molar refractivity (Wildman–Crippen MR) is 126 cm³/mol. The number of methoxy groups -OCH3 is 1. The summed E-state index contributed by atoms with van der Waals surface area (Å²) in [7, 11) is 1.53. The molecule has 0 aliphatic heterocycles. The smallest absolute Gasteiger partial charge is 0.252 e. The van der Waals surface area contributed by atoms with E-state index < -0.39 is 11.9 Å². The molecule has 0 radical (unpaired) electrons. The summed E-state index contributed by atoms with van der Waals surface area (Å²) in [6, 6.07) is 17.5. The summed E-state index contributed by atoms with van der Waals surface area (Å²) >= 11 is 0. The van der Waals surface area contributed by atoms with Crippen molar-refractivity contribution in [3.8, 4) is 17.5 Å². The maximum atomic E-state index is 13.5. The number of benzene rings is 2. The highest BCUT2D eigenvalue weighted by molar-refractivity contribution is 5.96. The Morgan fingerprint density at radius 3 is 2.64 bits per heavy atom. The lowest BCUT2D eigenvalue weighted by Crippen LogP contribution is -2.34. The minimum Gasteiger partial charge on any atom is -0.495 e. The van der Waals surface area contributed by atoms with Crippen molar-refractivity contribution in [3.63, 3.8) is 0 Å². The number of ether oxygens (including phenoxy) is 1. The fraction of sp³-hybridized carbons (Fsp3) is 0.200. The average Bonchev–Trinajstić information content (AvgIpc) is 3.24.